The molecule has 146 valence electrons. The monoisotopic (exact) mass is 377 g/mol. The largest absolute Gasteiger partial charge is 0.494 e. The number of ether oxygens (including phenoxy) is 1. The number of nitrogens with zero attached hydrogens (tertiary/aromatic N) is 1. The summed E-state index contributed by atoms with van der Waals surface area (Å²) in [5.74, 6) is 1.53. The predicted molar refractivity (Wildman–Crippen MR) is 112 cm³/mol. The maximum atomic E-state index is 11.6. The molecule has 0 spiro atoms. The molecule has 0 bridgehead atoms. The molecular weight excluding hydrogens is 350 g/mol. The average molecular weight is 377 g/mol. The molecule has 28 heavy (non-hydrogen) atoms. The summed E-state index contributed by atoms with van der Waals surface area (Å²) in [4.78, 5) is 14.1. The van der Waals surface area contributed by atoms with Gasteiger partial charge in [0.15, 0.2) is 0 Å². The highest BCUT2D eigenvalue weighted by molar-refractivity contribution is 5.78. The molecule has 1 aliphatic heterocycles. The Bertz CT molecular complexity index is 972. The molecule has 1 saturated heterocycles. The second kappa shape index (κ2) is 8.61. The quantitative estimate of drug-likeness (QED) is 0.459. The minimum Gasteiger partial charge on any atom is -0.494 e. The molecule has 3 aromatic rings. The maximum Gasteiger partial charge on any atom is 0.339 e. The van der Waals surface area contributed by atoms with Gasteiger partial charge in [0.05, 0.1) is 6.61 Å². The van der Waals surface area contributed by atoms with Crippen LogP contribution in [0.5, 0.6) is 5.75 Å². The van der Waals surface area contributed by atoms with Gasteiger partial charge in [-0.2, -0.15) is 0 Å². The molecule has 0 aliphatic carbocycles. The van der Waals surface area contributed by atoms with Crippen molar-refractivity contribution in [1.82, 2.24) is 4.90 Å². The van der Waals surface area contributed by atoms with Gasteiger partial charge >= 0.3 is 5.63 Å². The van der Waals surface area contributed by atoms with Crippen molar-refractivity contribution in [3.05, 3.63) is 76.1 Å². The van der Waals surface area contributed by atoms with E-state index in [4.69, 9.17) is 9.15 Å². The molecule has 1 aromatic heterocycles. The number of likely N-dealkylation sites (tertiary alicyclic amines) is 1. The fraction of sp³-hybridized carbons (Fsp3) is 0.375. The highest BCUT2D eigenvalue weighted by Crippen LogP contribution is 2.27. The number of aryl methyl sites for hydroxylation is 1. The van der Waals surface area contributed by atoms with Crippen LogP contribution in [0.2, 0.25) is 0 Å². The van der Waals surface area contributed by atoms with Crippen molar-refractivity contribution in [2.24, 2.45) is 0 Å². The van der Waals surface area contributed by atoms with Crippen LogP contribution in [0.25, 0.3) is 11.0 Å². The average Bonchev–Trinajstić information content (AvgIpc) is 2.73. The molecule has 1 aliphatic rings. The van der Waals surface area contributed by atoms with Crippen molar-refractivity contribution < 1.29 is 9.15 Å². The van der Waals surface area contributed by atoms with Crippen molar-refractivity contribution in [2.45, 2.75) is 32.1 Å². The lowest BCUT2D eigenvalue weighted by Gasteiger charge is -2.32. The first-order valence-electron chi connectivity index (χ1n) is 10.1. The highest BCUT2D eigenvalue weighted by atomic mass is 16.5. The molecule has 1 fully saturated rings. The van der Waals surface area contributed by atoms with Crippen LogP contribution in [0.15, 0.2) is 63.8 Å². The standard InChI is InChI=1S/C24H27NO3/c1-18-16-21-17-22(8-9-23(21)28-24(18)26)27-15-5-12-25-13-10-20(11-14-25)19-6-3-2-4-7-19/h2-4,6-9,16-17,20H,5,10-15H2,1H3. The molecule has 2 heterocycles. The Morgan fingerprint density at radius 2 is 1.86 bits per heavy atom. The van der Waals surface area contributed by atoms with Crippen LogP contribution in [0.1, 0.15) is 36.3 Å². The Hall–Kier alpha value is -2.59. The number of hydrogen-bond acceptors (Lipinski definition) is 4. The fourth-order valence-electron chi connectivity index (χ4n) is 3.99. The summed E-state index contributed by atoms with van der Waals surface area (Å²) >= 11 is 0. The second-order valence-corrected chi connectivity index (χ2v) is 7.65. The van der Waals surface area contributed by atoms with Crippen LogP contribution in [-0.2, 0) is 0 Å². The Morgan fingerprint density at radius 3 is 2.64 bits per heavy atom. The molecule has 4 nitrogen and oxygen atoms in total. The topological polar surface area (TPSA) is 42.7 Å². The van der Waals surface area contributed by atoms with Crippen molar-refractivity contribution >= 4 is 11.0 Å². The third kappa shape index (κ3) is 4.45. The van der Waals surface area contributed by atoms with Crippen LogP contribution >= 0.6 is 0 Å². The Labute approximate surface area is 165 Å². The number of benzene rings is 2. The van der Waals surface area contributed by atoms with Gasteiger partial charge < -0.3 is 14.1 Å². The van der Waals surface area contributed by atoms with E-state index in [1.54, 1.807) is 13.0 Å². The summed E-state index contributed by atoms with van der Waals surface area (Å²) in [7, 11) is 0. The lowest BCUT2D eigenvalue weighted by atomic mass is 9.89. The van der Waals surface area contributed by atoms with Crippen LogP contribution in [0.4, 0.5) is 0 Å². The number of fused-ring (bicyclic) bond motifs is 1. The lowest BCUT2D eigenvalue weighted by Crippen LogP contribution is -2.34. The van der Waals surface area contributed by atoms with Gasteiger partial charge in [-0.15, -0.1) is 0 Å². The minimum atomic E-state index is -0.280. The summed E-state index contributed by atoms with van der Waals surface area (Å²) in [6.07, 6.45) is 3.48. The molecule has 0 saturated carbocycles. The molecule has 0 N–H and O–H groups in total. The first-order valence-corrected chi connectivity index (χ1v) is 10.1. The zero-order chi connectivity index (χ0) is 19.3. The van der Waals surface area contributed by atoms with Crippen molar-refractivity contribution in [3.63, 3.8) is 0 Å². The van der Waals surface area contributed by atoms with Gasteiger partial charge in [0, 0.05) is 17.5 Å². The molecule has 4 rings (SSSR count). The zero-order valence-corrected chi connectivity index (χ0v) is 16.4. The summed E-state index contributed by atoms with van der Waals surface area (Å²) in [6.45, 7) is 5.85. The Balaban J connectivity index is 1.22. The predicted octanol–water partition coefficient (Wildman–Crippen LogP) is 4.75. The normalized spacial score (nSPS) is 15.8. The van der Waals surface area contributed by atoms with Gasteiger partial charge in [0.2, 0.25) is 0 Å². The summed E-state index contributed by atoms with van der Waals surface area (Å²) in [5, 5.41) is 0.901. The van der Waals surface area contributed by atoms with Gasteiger partial charge in [-0.05, 0) is 75.0 Å². The zero-order valence-electron chi connectivity index (χ0n) is 16.4. The van der Waals surface area contributed by atoms with E-state index < -0.39 is 0 Å². The van der Waals surface area contributed by atoms with E-state index >= 15 is 0 Å². The summed E-state index contributed by atoms with van der Waals surface area (Å²) in [5.41, 5.74) is 2.41. The van der Waals surface area contributed by atoms with Crippen LogP contribution < -0.4 is 10.4 Å². The highest BCUT2D eigenvalue weighted by Gasteiger charge is 2.19. The van der Waals surface area contributed by atoms with E-state index in [0.717, 1.165) is 37.2 Å². The van der Waals surface area contributed by atoms with Gasteiger partial charge in [0.1, 0.15) is 11.3 Å². The third-order valence-corrected chi connectivity index (χ3v) is 5.62. The number of rotatable bonds is 6. The van der Waals surface area contributed by atoms with Gasteiger partial charge in [-0.25, -0.2) is 4.79 Å². The maximum absolute atomic E-state index is 11.6. The van der Waals surface area contributed by atoms with Gasteiger partial charge in [0.25, 0.3) is 0 Å². The SMILES string of the molecule is Cc1cc2cc(OCCCN3CCC(c4ccccc4)CC3)ccc2oc1=O. The molecular formula is C24H27NO3. The number of hydrogen-bond donors (Lipinski definition) is 0. The van der Waals surface area contributed by atoms with Crippen LogP contribution in [0.3, 0.4) is 0 Å². The molecule has 4 heteroatoms. The first kappa shape index (κ1) is 18.8. The van der Waals surface area contributed by atoms with E-state index in [2.05, 4.69) is 35.2 Å². The van der Waals surface area contributed by atoms with E-state index in [-0.39, 0.29) is 5.63 Å². The van der Waals surface area contributed by atoms with E-state index in [1.807, 2.05) is 18.2 Å². The van der Waals surface area contributed by atoms with Crippen molar-refractivity contribution in [1.29, 1.82) is 0 Å². The third-order valence-electron chi connectivity index (χ3n) is 5.62. The Morgan fingerprint density at radius 1 is 1.07 bits per heavy atom. The van der Waals surface area contributed by atoms with Crippen LogP contribution in [-0.4, -0.2) is 31.1 Å². The summed E-state index contributed by atoms with van der Waals surface area (Å²) in [6, 6.07) is 18.3. The van der Waals surface area contributed by atoms with Crippen molar-refractivity contribution in [2.75, 3.05) is 26.2 Å². The Kier molecular flexibility index (Phi) is 5.77. The lowest BCUT2D eigenvalue weighted by molar-refractivity contribution is 0.193. The smallest absolute Gasteiger partial charge is 0.339 e. The molecule has 0 atom stereocenters. The van der Waals surface area contributed by atoms with Crippen LogP contribution in [0, 0.1) is 6.92 Å². The van der Waals surface area contributed by atoms with E-state index in [1.165, 1.54) is 18.4 Å². The molecule has 0 amide bonds. The second-order valence-electron chi connectivity index (χ2n) is 7.65. The summed E-state index contributed by atoms with van der Waals surface area (Å²) < 4.78 is 11.2. The van der Waals surface area contributed by atoms with Crippen molar-refractivity contribution in [3.8, 4) is 5.75 Å². The molecule has 0 radical (unpaired) electrons. The minimum absolute atomic E-state index is 0.280. The molecule has 2 aromatic carbocycles. The van der Waals surface area contributed by atoms with E-state index in [0.29, 0.717) is 23.7 Å². The van der Waals surface area contributed by atoms with Gasteiger partial charge in [-0.3, -0.25) is 0 Å². The number of piperidine rings is 1. The fourth-order valence-corrected chi connectivity index (χ4v) is 3.99. The van der Waals surface area contributed by atoms with Gasteiger partial charge in [-0.1, -0.05) is 30.3 Å². The molecule has 0 unspecified atom stereocenters. The first-order chi connectivity index (χ1) is 13.7. The van der Waals surface area contributed by atoms with E-state index in [9.17, 15) is 4.79 Å².